The number of benzene rings is 4. The van der Waals surface area contributed by atoms with Crippen molar-refractivity contribution in [2.75, 3.05) is 13.6 Å². The summed E-state index contributed by atoms with van der Waals surface area (Å²) in [5.41, 5.74) is 7.46. The van der Waals surface area contributed by atoms with Crippen molar-refractivity contribution in [1.82, 2.24) is 15.5 Å². The zero-order valence-electron chi connectivity index (χ0n) is 31.4. The smallest absolute Gasteiger partial charge is 0.315 e. The van der Waals surface area contributed by atoms with Crippen LogP contribution < -0.4 is 10.6 Å². The number of aliphatic hydroxyl groups is 1. The summed E-state index contributed by atoms with van der Waals surface area (Å²) in [7, 11) is 2.16. The van der Waals surface area contributed by atoms with Crippen LogP contribution in [-0.4, -0.2) is 41.3 Å². The Morgan fingerprint density at radius 1 is 0.830 bits per heavy atom. The molecule has 4 aromatic carbocycles. The molecular formula is C46H55N3O4. The van der Waals surface area contributed by atoms with Crippen LogP contribution in [0.2, 0.25) is 0 Å². The lowest BCUT2D eigenvalue weighted by atomic mass is 9.53. The fourth-order valence-corrected chi connectivity index (χ4v) is 10.3. The molecule has 4 aliphatic carbocycles. The van der Waals surface area contributed by atoms with Gasteiger partial charge in [0.05, 0.1) is 18.8 Å². The number of nitrogens with zero attached hydrogens (tertiary/aromatic N) is 1. The molecule has 278 valence electrons. The number of urea groups is 1. The predicted octanol–water partition coefficient (Wildman–Crippen LogP) is 9.10. The molecular weight excluding hydrogens is 659 g/mol. The number of carbonyl (C=O) groups is 1. The molecule has 5 aliphatic rings. The van der Waals surface area contributed by atoms with Crippen LogP contribution in [0.1, 0.15) is 98.6 Å². The van der Waals surface area contributed by atoms with E-state index >= 15 is 0 Å². The first-order valence-electron chi connectivity index (χ1n) is 19.8. The second kappa shape index (κ2) is 15.4. The van der Waals surface area contributed by atoms with Gasteiger partial charge in [-0.05, 0) is 104 Å². The highest BCUT2D eigenvalue weighted by Gasteiger charge is 2.51. The molecule has 7 heteroatoms. The van der Waals surface area contributed by atoms with E-state index in [2.05, 4.69) is 121 Å². The first-order chi connectivity index (χ1) is 25.8. The van der Waals surface area contributed by atoms with Crippen LogP contribution in [0.4, 0.5) is 4.79 Å². The number of amides is 2. The number of aliphatic hydroxyl groups excluding tert-OH is 1. The van der Waals surface area contributed by atoms with Crippen LogP contribution in [-0.2, 0) is 22.6 Å². The monoisotopic (exact) mass is 713 g/mol. The number of ether oxygens (including phenoxy) is 2. The summed E-state index contributed by atoms with van der Waals surface area (Å²) in [4.78, 5) is 15.7. The van der Waals surface area contributed by atoms with Crippen LogP contribution in [0.15, 0.2) is 103 Å². The molecule has 3 N–H and O–H groups in total. The number of rotatable bonds is 11. The van der Waals surface area contributed by atoms with E-state index in [9.17, 15) is 9.90 Å². The van der Waals surface area contributed by atoms with Crippen molar-refractivity contribution in [2.24, 2.45) is 23.7 Å². The molecule has 9 rings (SSSR count). The Hall–Kier alpha value is -4.01. The van der Waals surface area contributed by atoms with Crippen molar-refractivity contribution in [3.05, 3.63) is 131 Å². The van der Waals surface area contributed by atoms with E-state index in [1.165, 1.54) is 24.8 Å². The van der Waals surface area contributed by atoms with Gasteiger partial charge in [0.1, 0.15) is 0 Å². The van der Waals surface area contributed by atoms with Crippen molar-refractivity contribution in [3.63, 3.8) is 0 Å². The molecule has 4 saturated carbocycles. The highest BCUT2D eigenvalue weighted by Crippen LogP contribution is 2.55. The maximum atomic E-state index is 13.3. The molecule has 53 heavy (non-hydrogen) atoms. The Balaban J connectivity index is 0.971. The van der Waals surface area contributed by atoms with Gasteiger partial charge in [0, 0.05) is 36.2 Å². The quantitative estimate of drug-likeness (QED) is 0.145. The van der Waals surface area contributed by atoms with Gasteiger partial charge in [-0.15, -0.1) is 0 Å². The van der Waals surface area contributed by atoms with Gasteiger partial charge in [-0.25, -0.2) is 4.79 Å². The average Bonchev–Trinajstić information content (AvgIpc) is 3.17. The number of likely N-dealkylation sites (N-methyl/N-ethyl adjacent to an activating group) is 1. The minimum absolute atomic E-state index is 0.00824. The zero-order chi connectivity index (χ0) is 36.5. The maximum Gasteiger partial charge on any atom is 0.315 e. The molecule has 0 radical (unpaired) electrons. The van der Waals surface area contributed by atoms with E-state index in [1.807, 2.05) is 18.2 Å². The molecule has 0 aromatic heterocycles. The summed E-state index contributed by atoms with van der Waals surface area (Å²) in [6, 6.07) is 35.7. The molecule has 4 bridgehead atoms. The van der Waals surface area contributed by atoms with Gasteiger partial charge in [-0.2, -0.15) is 0 Å². The molecule has 1 aliphatic heterocycles. The van der Waals surface area contributed by atoms with E-state index in [0.29, 0.717) is 6.54 Å². The van der Waals surface area contributed by atoms with Crippen LogP contribution >= 0.6 is 0 Å². The van der Waals surface area contributed by atoms with Crippen molar-refractivity contribution in [3.8, 4) is 11.1 Å². The lowest BCUT2D eigenvalue weighted by Crippen LogP contribution is -2.61. The fourth-order valence-electron chi connectivity index (χ4n) is 10.3. The van der Waals surface area contributed by atoms with Crippen LogP contribution in [0.5, 0.6) is 0 Å². The van der Waals surface area contributed by atoms with Crippen molar-refractivity contribution >= 4 is 6.03 Å². The number of carbonyl (C=O) groups excluding carboxylic acids is 1. The highest BCUT2D eigenvalue weighted by atomic mass is 16.7. The predicted molar refractivity (Wildman–Crippen MR) is 209 cm³/mol. The minimum Gasteiger partial charge on any atom is -0.392 e. The third-order valence-electron chi connectivity index (χ3n) is 12.9. The van der Waals surface area contributed by atoms with Gasteiger partial charge in [0.2, 0.25) is 0 Å². The van der Waals surface area contributed by atoms with Crippen molar-refractivity contribution in [1.29, 1.82) is 0 Å². The van der Waals surface area contributed by atoms with E-state index < -0.39 is 6.29 Å². The van der Waals surface area contributed by atoms with E-state index in [0.717, 1.165) is 76.9 Å². The van der Waals surface area contributed by atoms with Gasteiger partial charge in [0.25, 0.3) is 0 Å². The summed E-state index contributed by atoms with van der Waals surface area (Å²) in [5.74, 6) is 2.46. The topological polar surface area (TPSA) is 83.1 Å². The molecule has 4 aromatic rings. The molecule has 5 fully saturated rings. The molecule has 0 spiro atoms. The zero-order valence-corrected chi connectivity index (χ0v) is 31.4. The Morgan fingerprint density at radius 3 is 2.11 bits per heavy atom. The standard InChI is InChI=1S/C46H55N3O4/c1-30-42(28-49(3)31(2)36-9-5-4-6-10-36)52-44(53-43(30)38-15-13-32(29-50)14-16-38)39-19-17-37(18-20-39)41-12-8-7-11-40(41)27-47-45(51)48-46-24-33-21-34(25-46)23-35(22-33)26-46/h4-20,30-31,33-35,42-44,50H,21-29H2,1-3H3,(H2,47,48,51)/t30-,31+,33?,34?,35?,42+,43+,44+,46?/m1/s1. The van der Waals surface area contributed by atoms with Crippen LogP contribution in [0, 0.1) is 23.7 Å². The van der Waals surface area contributed by atoms with E-state index in [4.69, 9.17) is 9.47 Å². The van der Waals surface area contributed by atoms with E-state index in [1.54, 1.807) is 0 Å². The molecule has 1 saturated heterocycles. The second-order valence-electron chi connectivity index (χ2n) is 16.6. The van der Waals surface area contributed by atoms with Crippen molar-refractivity contribution < 1.29 is 19.4 Å². The SMILES string of the molecule is C[C@@H]1[C@H](CN(C)[C@@H](C)c2ccccc2)O[C@H](c2ccc(-c3ccccc3CNC(=O)NC34CC5CC(CC(C5)C3)C4)cc2)O[C@@H]1c1ccc(CO)cc1. The first-order valence-corrected chi connectivity index (χ1v) is 19.8. The molecule has 5 atom stereocenters. The summed E-state index contributed by atoms with van der Waals surface area (Å²) < 4.78 is 13.6. The third-order valence-corrected chi connectivity index (χ3v) is 12.9. The lowest BCUT2D eigenvalue weighted by molar-refractivity contribution is -0.276. The molecule has 2 amide bonds. The maximum absolute atomic E-state index is 13.3. The second-order valence-corrected chi connectivity index (χ2v) is 16.6. The minimum atomic E-state index is -0.543. The summed E-state index contributed by atoms with van der Waals surface area (Å²) >= 11 is 0. The third kappa shape index (κ3) is 7.81. The van der Waals surface area contributed by atoms with E-state index in [-0.39, 0.29) is 42.3 Å². The molecule has 0 unspecified atom stereocenters. The lowest BCUT2D eigenvalue weighted by Gasteiger charge is -2.56. The molecule has 1 heterocycles. The highest BCUT2D eigenvalue weighted by molar-refractivity contribution is 5.76. The fraction of sp³-hybridized carbons (Fsp3) is 0.457. The summed E-state index contributed by atoms with van der Waals surface area (Å²) in [6.07, 6.45) is 6.71. The Morgan fingerprint density at radius 2 is 1.45 bits per heavy atom. The van der Waals surface area contributed by atoms with Crippen LogP contribution in [0.25, 0.3) is 11.1 Å². The first kappa shape index (κ1) is 36.0. The van der Waals surface area contributed by atoms with Crippen LogP contribution in [0.3, 0.4) is 0 Å². The largest absolute Gasteiger partial charge is 0.392 e. The van der Waals surface area contributed by atoms with Gasteiger partial charge in [-0.1, -0.05) is 110 Å². The van der Waals surface area contributed by atoms with Gasteiger partial charge >= 0.3 is 6.03 Å². The summed E-state index contributed by atoms with van der Waals surface area (Å²) in [6.45, 7) is 5.68. The summed E-state index contributed by atoms with van der Waals surface area (Å²) in [5, 5.41) is 16.3. The average molecular weight is 714 g/mol. The van der Waals surface area contributed by atoms with Gasteiger partial charge in [0.15, 0.2) is 6.29 Å². The van der Waals surface area contributed by atoms with Gasteiger partial charge < -0.3 is 25.2 Å². The number of hydrogen-bond acceptors (Lipinski definition) is 5. The Bertz CT molecular complexity index is 1810. The normalized spacial score (nSPS) is 29.6. The number of hydrogen-bond donors (Lipinski definition) is 3. The van der Waals surface area contributed by atoms with Crippen molar-refractivity contribution in [2.45, 2.75) is 95.6 Å². The Kier molecular flexibility index (Phi) is 10.4. The Labute approximate surface area is 315 Å². The number of nitrogens with one attached hydrogen (secondary N) is 2. The van der Waals surface area contributed by atoms with Gasteiger partial charge in [-0.3, -0.25) is 4.90 Å². The molecule has 7 nitrogen and oxygen atoms in total.